The fraction of sp³-hybridized carbons (Fsp3) is 0.462. The first kappa shape index (κ1) is 26.7. The van der Waals surface area contributed by atoms with Gasteiger partial charge in [0.25, 0.3) is 11.6 Å². The fourth-order valence-corrected chi connectivity index (χ4v) is 6.45. The molecule has 198 valence electrons. The number of carbonyl (C=O) groups is 2. The Kier molecular flexibility index (Phi) is 7.65. The van der Waals surface area contributed by atoms with Crippen LogP contribution in [-0.4, -0.2) is 55.1 Å². The lowest BCUT2D eigenvalue weighted by Gasteiger charge is -2.48. The first-order chi connectivity index (χ1) is 17.5. The number of hydrogen-bond donors (Lipinski definition) is 1. The van der Waals surface area contributed by atoms with Crippen LogP contribution in [0.4, 0.5) is 5.69 Å². The predicted octanol–water partition coefficient (Wildman–Crippen LogP) is 3.61. The van der Waals surface area contributed by atoms with Crippen molar-refractivity contribution < 1.29 is 27.7 Å². The first-order valence-corrected chi connectivity index (χ1v) is 14.2. The number of rotatable bonds is 7. The highest BCUT2D eigenvalue weighted by molar-refractivity contribution is 7.88. The highest BCUT2D eigenvalue weighted by Gasteiger charge is 2.49. The molecular weight excluding hydrogens is 498 g/mol. The van der Waals surface area contributed by atoms with Crippen molar-refractivity contribution in [3.05, 3.63) is 74.8 Å². The number of hydrogen-bond acceptors (Lipinski definition) is 7. The van der Waals surface area contributed by atoms with Gasteiger partial charge in [-0.3, -0.25) is 19.7 Å². The summed E-state index contributed by atoms with van der Waals surface area (Å²) in [7, 11) is -3.59. The van der Waals surface area contributed by atoms with Crippen LogP contribution in [0.25, 0.3) is 0 Å². The van der Waals surface area contributed by atoms with Gasteiger partial charge < -0.3 is 9.64 Å². The van der Waals surface area contributed by atoms with Crippen LogP contribution in [0.2, 0.25) is 0 Å². The Morgan fingerprint density at radius 1 is 1.19 bits per heavy atom. The van der Waals surface area contributed by atoms with Crippen LogP contribution >= 0.6 is 0 Å². The molecule has 0 aromatic heterocycles. The summed E-state index contributed by atoms with van der Waals surface area (Å²) in [6.07, 6.45) is 3.66. The molecule has 37 heavy (non-hydrogen) atoms. The molecule has 1 saturated carbocycles. The van der Waals surface area contributed by atoms with Gasteiger partial charge in [-0.2, -0.15) is 0 Å². The summed E-state index contributed by atoms with van der Waals surface area (Å²) in [5, 5.41) is 11.8. The summed E-state index contributed by atoms with van der Waals surface area (Å²) in [6, 6.07) is 9.44. The summed E-state index contributed by atoms with van der Waals surface area (Å²) in [4.78, 5) is 40.4. The molecular formula is C26H31N3O7S. The average molecular weight is 530 g/mol. The van der Waals surface area contributed by atoms with E-state index in [9.17, 15) is 28.1 Å². The number of aryl methyl sites for hydroxylation is 1. The molecule has 0 radical (unpaired) electrons. The lowest BCUT2D eigenvalue weighted by Crippen LogP contribution is -2.58. The van der Waals surface area contributed by atoms with Gasteiger partial charge in [-0.1, -0.05) is 43.2 Å². The number of amides is 1. The molecule has 1 heterocycles. The zero-order chi connectivity index (χ0) is 26.9. The molecule has 4 atom stereocenters. The van der Waals surface area contributed by atoms with E-state index in [1.165, 1.54) is 6.07 Å². The van der Waals surface area contributed by atoms with Crippen LogP contribution in [0.15, 0.2) is 42.5 Å². The smallest absolute Gasteiger partial charge is 0.315 e. The zero-order valence-corrected chi connectivity index (χ0v) is 21.9. The van der Waals surface area contributed by atoms with Crippen molar-refractivity contribution in [2.45, 2.75) is 63.6 Å². The van der Waals surface area contributed by atoms with Crippen LogP contribution in [0.3, 0.4) is 0 Å². The van der Waals surface area contributed by atoms with Gasteiger partial charge in [-0.15, -0.1) is 0 Å². The van der Waals surface area contributed by atoms with Crippen molar-refractivity contribution in [3.63, 3.8) is 0 Å². The normalized spacial score (nSPS) is 23.9. The minimum absolute atomic E-state index is 0.119. The number of esters is 1. The maximum absolute atomic E-state index is 14.1. The van der Waals surface area contributed by atoms with E-state index < -0.39 is 45.0 Å². The highest BCUT2D eigenvalue weighted by Crippen LogP contribution is 2.47. The molecule has 1 N–H and O–H groups in total. The third kappa shape index (κ3) is 5.37. The largest absolute Gasteiger partial charge is 0.465 e. The van der Waals surface area contributed by atoms with Gasteiger partial charge in [0.05, 0.1) is 23.8 Å². The molecule has 1 fully saturated rings. The van der Waals surface area contributed by atoms with Gasteiger partial charge in [-0.05, 0) is 43.9 Å². The molecule has 1 amide bonds. The highest BCUT2D eigenvalue weighted by atomic mass is 32.2. The lowest BCUT2D eigenvalue weighted by molar-refractivity contribution is -0.385. The quantitative estimate of drug-likeness (QED) is 0.329. The second-order valence-electron chi connectivity index (χ2n) is 9.63. The lowest BCUT2D eigenvalue weighted by atomic mass is 9.76. The molecule has 2 aliphatic rings. The number of nitrogens with one attached hydrogen (secondary N) is 1. The van der Waals surface area contributed by atoms with Crippen LogP contribution < -0.4 is 4.72 Å². The van der Waals surface area contributed by atoms with E-state index in [4.69, 9.17) is 4.74 Å². The van der Waals surface area contributed by atoms with Crippen LogP contribution in [0, 0.1) is 17.0 Å². The molecule has 10 nitrogen and oxygen atoms in total. The van der Waals surface area contributed by atoms with Crippen molar-refractivity contribution in [3.8, 4) is 0 Å². The zero-order valence-electron chi connectivity index (χ0n) is 21.0. The molecule has 1 aliphatic heterocycles. The van der Waals surface area contributed by atoms with Gasteiger partial charge in [0.1, 0.15) is 5.92 Å². The van der Waals surface area contributed by atoms with Crippen LogP contribution in [0.1, 0.15) is 71.6 Å². The number of nitro groups is 1. The van der Waals surface area contributed by atoms with Crippen molar-refractivity contribution in [2.75, 3.05) is 12.9 Å². The van der Waals surface area contributed by atoms with E-state index in [1.54, 1.807) is 55.1 Å². The molecule has 2 aromatic carbocycles. The van der Waals surface area contributed by atoms with Gasteiger partial charge >= 0.3 is 5.97 Å². The molecule has 4 unspecified atom stereocenters. The second-order valence-corrected chi connectivity index (χ2v) is 11.4. The summed E-state index contributed by atoms with van der Waals surface area (Å²) < 4.78 is 32.6. The third-order valence-corrected chi connectivity index (χ3v) is 7.87. The van der Waals surface area contributed by atoms with E-state index in [2.05, 4.69) is 4.72 Å². The summed E-state index contributed by atoms with van der Waals surface area (Å²) >= 11 is 0. The molecule has 1 aliphatic carbocycles. The fourth-order valence-electron chi connectivity index (χ4n) is 5.62. The topological polar surface area (TPSA) is 136 Å². The maximum atomic E-state index is 14.1. The number of nitrogens with zero attached hydrogens (tertiary/aromatic N) is 2. The van der Waals surface area contributed by atoms with Crippen molar-refractivity contribution in [2.24, 2.45) is 0 Å². The summed E-state index contributed by atoms with van der Waals surface area (Å²) in [5.41, 5.74) is 1.56. The third-order valence-electron chi connectivity index (χ3n) is 7.14. The number of sulfonamides is 1. The van der Waals surface area contributed by atoms with Crippen molar-refractivity contribution in [1.29, 1.82) is 0 Å². The van der Waals surface area contributed by atoms with Crippen molar-refractivity contribution in [1.82, 2.24) is 9.62 Å². The number of carbonyl (C=O) groups excluding carboxylic acids is 2. The molecule has 11 heteroatoms. The molecule has 0 saturated heterocycles. The van der Waals surface area contributed by atoms with Gasteiger partial charge in [0.15, 0.2) is 0 Å². The van der Waals surface area contributed by atoms with E-state index in [-0.39, 0.29) is 18.2 Å². The van der Waals surface area contributed by atoms with Crippen molar-refractivity contribution >= 4 is 27.6 Å². The maximum Gasteiger partial charge on any atom is 0.315 e. The van der Waals surface area contributed by atoms with Gasteiger partial charge in [0, 0.05) is 29.3 Å². The summed E-state index contributed by atoms with van der Waals surface area (Å²) in [6.45, 7) is 3.43. The SMILES string of the molecule is CCOC(=O)C1c2ccccc2C(=O)N(C2CCCCC2NS(C)(=O)=O)C1c1ccc(C)c([N+](=O)[O-])c1. The monoisotopic (exact) mass is 529 g/mol. The van der Waals surface area contributed by atoms with E-state index in [1.807, 2.05) is 0 Å². The van der Waals surface area contributed by atoms with Gasteiger partial charge in [-0.25, -0.2) is 13.1 Å². The van der Waals surface area contributed by atoms with Gasteiger partial charge in [0.2, 0.25) is 10.0 Å². The average Bonchev–Trinajstić information content (AvgIpc) is 2.84. The van der Waals surface area contributed by atoms with Crippen LogP contribution in [0.5, 0.6) is 0 Å². The number of fused-ring (bicyclic) bond motifs is 1. The Morgan fingerprint density at radius 2 is 1.89 bits per heavy atom. The minimum atomic E-state index is -3.59. The van der Waals surface area contributed by atoms with Crippen LogP contribution in [-0.2, 0) is 19.6 Å². The molecule has 0 spiro atoms. The van der Waals surface area contributed by atoms with E-state index in [0.717, 1.165) is 19.1 Å². The Labute approximate surface area is 216 Å². The Bertz CT molecular complexity index is 1330. The second kappa shape index (κ2) is 10.6. The predicted molar refractivity (Wildman–Crippen MR) is 137 cm³/mol. The number of nitro benzene ring substituents is 1. The number of ether oxygens (including phenoxy) is 1. The Morgan fingerprint density at radius 3 is 2.57 bits per heavy atom. The van der Waals surface area contributed by atoms with E-state index in [0.29, 0.717) is 35.1 Å². The minimum Gasteiger partial charge on any atom is -0.465 e. The summed E-state index contributed by atoms with van der Waals surface area (Å²) in [5.74, 6) is -1.85. The van der Waals surface area contributed by atoms with E-state index >= 15 is 0 Å². The first-order valence-electron chi connectivity index (χ1n) is 12.3. The standard InChI is InChI=1S/C26H31N3O7S/c1-4-36-26(31)23-18-9-5-6-10-19(18)25(30)28(21-12-8-7-11-20(21)27-37(3,34)35)24(23)17-14-13-16(2)22(15-17)29(32)33/h5-6,9-10,13-15,20-21,23-24,27H,4,7-8,11-12H2,1-3H3. The Balaban J connectivity index is 1.96. The molecule has 4 rings (SSSR count). The molecule has 0 bridgehead atoms. The Hall–Kier alpha value is -3.31. The number of benzene rings is 2. The molecule has 2 aromatic rings.